The van der Waals surface area contributed by atoms with Gasteiger partial charge in [0, 0.05) is 12.1 Å². The number of ether oxygens (including phenoxy) is 1. The van der Waals surface area contributed by atoms with Crippen LogP contribution in [0, 0.1) is 0 Å². The van der Waals surface area contributed by atoms with Gasteiger partial charge in [-0.15, -0.1) is 11.3 Å². The van der Waals surface area contributed by atoms with Crippen LogP contribution in [0.25, 0.3) is 16.3 Å². The number of nitrogens with one attached hydrogen (secondary N) is 1. The molecule has 3 aromatic rings. The minimum atomic E-state index is 0.638. The number of aromatic nitrogens is 2. The topological polar surface area (TPSA) is 39.1 Å². The molecule has 2 aromatic heterocycles. The van der Waals surface area contributed by atoms with E-state index in [0.29, 0.717) is 6.61 Å². The molecule has 1 aromatic carbocycles. The van der Waals surface area contributed by atoms with Crippen molar-refractivity contribution in [2.45, 2.75) is 13.3 Å². The van der Waals surface area contributed by atoms with Gasteiger partial charge in [-0.3, -0.25) is 0 Å². The van der Waals surface area contributed by atoms with Crippen LogP contribution in [0.4, 0.5) is 5.82 Å². The molecule has 0 saturated heterocycles. The number of halogens is 1. The predicted molar refractivity (Wildman–Crippen MR) is 97.9 cm³/mol. The summed E-state index contributed by atoms with van der Waals surface area (Å²) in [5, 5.41) is 8.36. The summed E-state index contributed by atoms with van der Waals surface area (Å²) in [5.74, 6) is 1.93. The highest BCUT2D eigenvalue weighted by atomic mass is 79.9. The molecule has 0 aliphatic carbocycles. The lowest BCUT2D eigenvalue weighted by Gasteiger charge is -2.12. The molecule has 1 aliphatic heterocycles. The van der Waals surface area contributed by atoms with Crippen LogP contribution >= 0.6 is 27.3 Å². The van der Waals surface area contributed by atoms with Gasteiger partial charge < -0.3 is 10.1 Å². The Hall–Kier alpha value is -1.79. The van der Waals surface area contributed by atoms with E-state index in [0.717, 1.165) is 39.7 Å². The van der Waals surface area contributed by atoms with Crippen molar-refractivity contribution in [1.29, 1.82) is 0 Å². The monoisotopic (exact) mass is 389 g/mol. The van der Waals surface area contributed by atoms with Crippen LogP contribution in [0.2, 0.25) is 0 Å². The maximum absolute atomic E-state index is 5.78. The summed E-state index contributed by atoms with van der Waals surface area (Å²) in [4.78, 5) is 1.18. The number of hydrogen-bond acceptors (Lipinski definition) is 4. The normalized spacial score (nSPS) is 13.0. The largest absolute Gasteiger partial charge is 0.492 e. The summed E-state index contributed by atoms with van der Waals surface area (Å²) < 4.78 is 8.88. The van der Waals surface area contributed by atoms with Crippen LogP contribution in [-0.2, 0) is 6.42 Å². The first kappa shape index (κ1) is 14.8. The van der Waals surface area contributed by atoms with Gasteiger partial charge in [0.1, 0.15) is 22.9 Å². The molecule has 0 bridgehead atoms. The van der Waals surface area contributed by atoms with Crippen molar-refractivity contribution in [2.75, 3.05) is 18.5 Å². The molecule has 23 heavy (non-hydrogen) atoms. The summed E-state index contributed by atoms with van der Waals surface area (Å²) in [7, 11) is 0. The van der Waals surface area contributed by atoms with Crippen LogP contribution in [0.1, 0.15) is 12.5 Å². The first-order chi connectivity index (χ1) is 11.3. The van der Waals surface area contributed by atoms with E-state index in [4.69, 9.17) is 9.84 Å². The highest BCUT2D eigenvalue weighted by Crippen LogP contribution is 2.39. The zero-order chi connectivity index (χ0) is 15.8. The van der Waals surface area contributed by atoms with Crippen molar-refractivity contribution < 1.29 is 4.74 Å². The third-order valence-corrected chi connectivity index (χ3v) is 5.48. The highest BCUT2D eigenvalue weighted by Gasteiger charge is 2.25. The molecule has 6 heteroatoms. The van der Waals surface area contributed by atoms with Gasteiger partial charge in [-0.25, -0.2) is 4.68 Å². The first-order valence-electron chi connectivity index (χ1n) is 7.61. The zero-order valence-corrected chi connectivity index (χ0v) is 15.1. The Labute approximate surface area is 147 Å². The lowest BCUT2D eigenvalue weighted by atomic mass is 10.2. The van der Waals surface area contributed by atoms with Crippen molar-refractivity contribution in [2.24, 2.45) is 0 Å². The number of benzene rings is 1. The summed E-state index contributed by atoms with van der Waals surface area (Å²) in [6.07, 6.45) is 0.997. The van der Waals surface area contributed by atoms with E-state index in [-0.39, 0.29) is 0 Å². The summed E-state index contributed by atoms with van der Waals surface area (Å²) >= 11 is 5.25. The second-order valence-electron chi connectivity index (χ2n) is 5.27. The summed E-state index contributed by atoms with van der Waals surface area (Å²) in [6, 6.07) is 12.2. The second-order valence-corrected chi connectivity index (χ2v) is 7.73. The minimum absolute atomic E-state index is 0.638. The van der Waals surface area contributed by atoms with Gasteiger partial charge in [0.2, 0.25) is 0 Å². The quantitative estimate of drug-likeness (QED) is 0.700. The van der Waals surface area contributed by atoms with E-state index in [1.54, 1.807) is 11.3 Å². The zero-order valence-electron chi connectivity index (χ0n) is 12.7. The molecule has 0 fully saturated rings. The molecule has 0 spiro atoms. The van der Waals surface area contributed by atoms with E-state index in [1.165, 1.54) is 10.4 Å². The molecule has 0 radical (unpaired) electrons. The standard InChI is InChI=1S/C17H16BrN3OS/c1-2-22-13-6-4-3-5-12(13)21-17-11(9-10-19-17)16(20-21)14-7-8-15(18)23-14/h3-8,19H,2,9-10H2,1H3. The van der Waals surface area contributed by atoms with Crippen molar-refractivity contribution in [3.63, 3.8) is 0 Å². The van der Waals surface area contributed by atoms with Gasteiger partial charge >= 0.3 is 0 Å². The smallest absolute Gasteiger partial charge is 0.145 e. The average Bonchev–Trinajstić information content (AvgIpc) is 3.24. The van der Waals surface area contributed by atoms with Gasteiger partial charge in [-0.1, -0.05) is 12.1 Å². The molecule has 4 nitrogen and oxygen atoms in total. The lowest BCUT2D eigenvalue weighted by molar-refractivity contribution is 0.338. The number of nitrogens with zero attached hydrogens (tertiary/aromatic N) is 2. The molecule has 0 atom stereocenters. The molecular weight excluding hydrogens is 374 g/mol. The fraction of sp³-hybridized carbons (Fsp3) is 0.235. The maximum atomic E-state index is 5.78. The molecule has 118 valence electrons. The Bertz CT molecular complexity index is 855. The minimum Gasteiger partial charge on any atom is -0.492 e. The molecular formula is C17H16BrN3OS. The van der Waals surface area contributed by atoms with Gasteiger partial charge in [0.15, 0.2) is 0 Å². The van der Waals surface area contributed by atoms with Gasteiger partial charge in [-0.2, -0.15) is 5.10 Å². The fourth-order valence-corrected chi connectivity index (χ4v) is 4.30. The number of para-hydroxylation sites is 2. The summed E-state index contributed by atoms with van der Waals surface area (Å²) in [5.41, 5.74) is 3.32. The van der Waals surface area contributed by atoms with Crippen LogP contribution in [-0.4, -0.2) is 22.9 Å². The van der Waals surface area contributed by atoms with Gasteiger partial charge in [0.25, 0.3) is 0 Å². The Morgan fingerprint density at radius 2 is 2.17 bits per heavy atom. The highest BCUT2D eigenvalue weighted by molar-refractivity contribution is 9.11. The van der Waals surface area contributed by atoms with Crippen LogP contribution in [0.3, 0.4) is 0 Å². The first-order valence-corrected chi connectivity index (χ1v) is 9.22. The molecule has 3 heterocycles. The number of hydrogen-bond donors (Lipinski definition) is 1. The third kappa shape index (κ3) is 2.56. The van der Waals surface area contributed by atoms with Crippen LogP contribution in [0.5, 0.6) is 5.75 Å². The number of fused-ring (bicyclic) bond motifs is 1. The molecule has 0 unspecified atom stereocenters. The van der Waals surface area contributed by atoms with Crippen molar-refractivity contribution in [1.82, 2.24) is 9.78 Å². The Morgan fingerprint density at radius 1 is 1.30 bits per heavy atom. The van der Waals surface area contributed by atoms with E-state index in [2.05, 4.69) is 33.4 Å². The molecule has 1 aliphatic rings. The Balaban J connectivity index is 1.88. The molecule has 1 N–H and O–H groups in total. The SMILES string of the molecule is CCOc1ccccc1-n1nc(-c2ccc(Br)s2)c2c1NCC2. The predicted octanol–water partition coefficient (Wildman–Crippen LogP) is 4.73. The van der Waals surface area contributed by atoms with Gasteiger partial charge in [-0.05, 0) is 53.5 Å². The van der Waals surface area contributed by atoms with E-state index < -0.39 is 0 Å². The number of thiophene rings is 1. The Kier molecular flexibility index (Phi) is 3.87. The number of rotatable bonds is 4. The third-order valence-electron chi connectivity index (χ3n) is 3.85. The maximum Gasteiger partial charge on any atom is 0.145 e. The fourth-order valence-electron chi connectivity index (χ4n) is 2.90. The van der Waals surface area contributed by atoms with E-state index in [1.807, 2.05) is 35.9 Å². The summed E-state index contributed by atoms with van der Waals surface area (Å²) in [6.45, 7) is 3.58. The average molecular weight is 390 g/mol. The van der Waals surface area contributed by atoms with Crippen molar-refractivity contribution in [3.8, 4) is 22.0 Å². The van der Waals surface area contributed by atoms with Crippen molar-refractivity contribution >= 4 is 33.1 Å². The van der Waals surface area contributed by atoms with E-state index >= 15 is 0 Å². The second kappa shape index (κ2) is 6.02. The van der Waals surface area contributed by atoms with Crippen molar-refractivity contribution in [3.05, 3.63) is 45.7 Å². The molecule has 0 amide bonds. The Morgan fingerprint density at radius 3 is 2.96 bits per heavy atom. The lowest BCUT2D eigenvalue weighted by Crippen LogP contribution is -2.06. The van der Waals surface area contributed by atoms with Crippen LogP contribution in [0.15, 0.2) is 40.2 Å². The van der Waals surface area contributed by atoms with Crippen LogP contribution < -0.4 is 10.1 Å². The molecule has 4 rings (SSSR count). The molecule has 0 saturated carbocycles. The van der Waals surface area contributed by atoms with Gasteiger partial charge in [0.05, 0.1) is 15.3 Å². The number of anilines is 1. The van der Waals surface area contributed by atoms with E-state index in [9.17, 15) is 0 Å².